The van der Waals surface area contributed by atoms with Gasteiger partial charge in [0.2, 0.25) is 15.9 Å². The maximum atomic E-state index is 12.1. The van der Waals surface area contributed by atoms with E-state index in [0.717, 1.165) is 19.3 Å². The summed E-state index contributed by atoms with van der Waals surface area (Å²) in [5.41, 5.74) is 5.57. The summed E-state index contributed by atoms with van der Waals surface area (Å²) in [4.78, 5) is 12.3. The van der Waals surface area contributed by atoms with Crippen molar-refractivity contribution in [2.24, 2.45) is 11.7 Å². The van der Waals surface area contributed by atoms with Gasteiger partial charge in [-0.05, 0) is 56.4 Å². The van der Waals surface area contributed by atoms with Crippen molar-refractivity contribution in [1.29, 1.82) is 0 Å². The van der Waals surface area contributed by atoms with Crippen molar-refractivity contribution < 1.29 is 13.2 Å². The third kappa shape index (κ3) is 5.73. The van der Waals surface area contributed by atoms with Crippen LogP contribution in [0.15, 0.2) is 29.2 Å². The number of anilines is 1. The average molecular weight is 376 g/mol. The van der Waals surface area contributed by atoms with Crippen molar-refractivity contribution in [2.75, 3.05) is 11.9 Å². The highest BCUT2D eigenvalue weighted by Gasteiger charge is 2.27. The minimum Gasteiger partial charge on any atom is -0.325 e. The monoisotopic (exact) mass is 375 g/mol. The molecule has 0 aromatic heterocycles. The van der Waals surface area contributed by atoms with Gasteiger partial charge in [0.05, 0.1) is 10.4 Å². The molecule has 0 bridgehead atoms. The fourth-order valence-electron chi connectivity index (χ4n) is 2.26. The first kappa shape index (κ1) is 20.9. The molecule has 1 aliphatic carbocycles. The third-order valence-corrected chi connectivity index (χ3v) is 5.41. The van der Waals surface area contributed by atoms with E-state index in [1.807, 2.05) is 6.92 Å². The molecule has 1 amide bonds. The molecule has 24 heavy (non-hydrogen) atoms. The lowest BCUT2D eigenvalue weighted by Crippen LogP contribution is -2.48. The summed E-state index contributed by atoms with van der Waals surface area (Å²) in [6.07, 6.45) is 3.56. The number of amides is 1. The summed E-state index contributed by atoms with van der Waals surface area (Å²) in [5, 5.41) is 2.73. The quantitative estimate of drug-likeness (QED) is 0.648. The minimum atomic E-state index is -3.48. The molecule has 1 unspecified atom stereocenters. The molecule has 0 radical (unpaired) electrons. The molecule has 6 nitrogen and oxygen atoms in total. The second kappa shape index (κ2) is 8.29. The van der Waals surface area contributed by atoms with Gasteiger partial charge in [-0.15, -0.1) is 12.4 Å². The molecular weight excluding hydrogens is 350 g/mol. The van der Waals surface area contributed by atoms with E-state index < -0.39 is 15.6 Å². The first-order chi connectivity index (χ1) is 10.7. The number of hydrogen-bond acceptors (Lipinski definition) is 4. The SMILES string of the molecule is CCCC(C)(N)C(=O)Nc1ccc(S(=O)(=O)NCC2CC2)cc1.Cl. The molecule has 1 saturated carbocycles. The topological polar surface area (TPSA) is 101 Å². The first-order valence-corrected chi connectivity index (χ1v) is 9.43. The molecule has 1 aromatic rings. The van der Waals surface area contributed by atoms with E-state index in [0.29, 0.717) is 24.6 Å². The van der Waals surface area contributed by atoms with Gasteiger partial charge in [-0.3, -0.25) is 4.79 Å². The van der Waals surface area contributed by atoms with E-state index >= 15 is 0 Å². The largest absolute Gasteiger partial charge is 0.325 e. The van der Waals surface area contributed by atoms with Crippen LogP contribution in [0.4, 0.5) is 5.69 Å². The van der Waals surface area contributed by atoms with Crippen LogP contribution in [-0.2, 0) is 14.8 Å². The first-order valence-electron chi connectivity index (χ1n) is 7.94. The highest BCUT2D eigenvalue weighted by atomic mass is 35.5. The van der Waals surface area contributed by atoms with Crippen LogP contribution in [0.3, 0.4) is 0 Å². The summed E-state index contributed by atoms with van der Waals surface area (Å²) in [7, 11) is -3.48. The van der Waals surface area contributed by atoms with Crippen molar-refractivity contribution in [1.82, 2.24) is 4.72 Å². The van der Waals surface area contributed by atoms with Crippen molar-refractivity contribution in [3.8, 4) is 0 Å². The number of carbonyl (C=O) groups is 1. The summed E-state index contributed by atoms with van der Waals surface area (Å²) in [6, 6.07) is 6.12. The van der Waals surface area contributed by atoms with Gasteiger partial charge < -0.3 is 11.1 Å². The Morgan fingerprint density at radius 2 is 1.88 bits per heavy atom. The zero-order chi connectivity index (χ0) is 17.1. The number of nitrogens with two attached hydrogens (primary N) is 1. The smallest absolute Gasteiger partial charge is 0.244 e. The second-order valence-electron chi connectivity index (χ2n) is 6.44. The van der Waals surface area contributed by atoms with Crippen molar-refractivity contribution >= 4 is 34.0 Å². The Balaban J connectivity index is 0.00000288. The summed E-state index contributed by atoms with van der Waals surface area (Å²) in [6.45, 7) is 4.14. The van der Waals surface area contributed by atoms with Gasteiger partial charge >= 0.3 is 0 Å². The molecule has 1 fully saturated rings. The van der Waals surface area contributed by atoms with Crippen LogP contribution >= 0.6 is 12.4 Å². The highest BCUT2D eigenvalue weighted by molar-refractivity contribution is 7.89. The van der Waals surface area contributed by atoms with Crippen LogP contribution in [-0.4, -0.2) is 26.4 Å². The van der Waals surface area contributed by atoms with Crippen LogP contribution in [0, 0.1) is 5.92 Å². The number of nitrogens with one attached hydrogen (secondary N) is 2. The predicted octanol–water partition coefficient (Wildman–Crippen LogP) is 2.25. The van der Waals surface area contributed by atoms with Crippen LogP contribution in [0.25, 0.3) is 0 Å². The maximum absolute atomic E-state index is 12.1. The number of benzene rings is 1. The number of carbonyl (C=O) groups excluding carboxylic acids is 1. The molecule has 0 saturated heterocycles. The highest BCUT2D eigenvalue weighted by Crippen LogP contribution is 2.28. The van der Waals surface area contributed by atoms with Crippen LogP contribution < -0.4 is 15.8 Å². The summed E-state index contributed by atoms with van der Waals surface area (Å²) in [5.74, 6) is 0.200. The second-order valence-corrected chi connectivity index (χ2v) is 8.21. The Bertz CT molecular complexity index is 656. The fourth-order valence-corrected chi connectivity index (χ4v) is 3.37. The predicted molar refractivity (Wildman–Crippen MR) is 97.7 cm³/mol. The van der Waals surface area contributed by atoms with Gasteiger partial charge in [0.25, 0.3) is 0 Å². The molecule has 1 aliphatic rings. The van der Waals surface area contributed by atoms with Crippen molar-refractivity contribution in [2.45, 2.75) is 50.0 Å². The average Bonchev–Trinajstić information content (AvgIpc) is 3.30. The van der Waals surface area contributed by atoms with Gasteiger partial charge in [-0.1, -0.05) is 13.3 Å². The maximum Gasteiger partial charge on any atom is 0.244 e. The van der Waals surface area contributed by atoms with E-state index in [2.05, 4.69) is 10.0 Å². The molecule has 2 rings (SSSR count). The minimum absolute atomic E-state index is 0. The fraction of sp³-hybridized carbons (Fsp3) is 0.562. The molecule has 4 N–H and O–H groups in total. The van der Waals surface area contributed by atoms with Gasteiger partial charge in [0.1, 0.15) is 0 Å². The molecular formula is C16H26ClN3O3S. The zero-order valence-electron chi connectivity index (χ0n) is 14.0. The third-order valence-electron chi connectivity index (χ3n) is 3.97. The van der Waals surface area contributed by atoms with E-state index in [1.54, 1.807) is 19.1 Å². The zero-order valence-corrected chi connectivity index (χ0v) is 15.7. The summed E-state index contributed by atoms with van der Waals surface area (Å²) >= 11 is 0. The van der Waals surface area contributed by atoms with Gasteiger partial charge in [0.15, 0.2) is 0 Å². The Morgan fingerprint density at radius 3 is 2.38 bits per heavy atom. The van der Waals surface area contributed by atoms with Gasteiger partial charge in [0, 0.05) is 12.2 Å². The van der Waals surface area contributed by atoms with E-state index in [4.69, 9.17) is 5.73 Å². The molecule has 0 heterocycles. The van der Waals surface area contributed by atoms with Crippen LogP contribution in [0.2, 0.25) is 0 Å². The lowest BCUT2D eigenvalue weighted by molar-refractivity contribution is -0.120. The normalized spacial score (nSPS) is 16.8. The molecule has 1 aromatic carbocycles. The lowest BCUT2D eigenvalue weighted by atomic mass is 9.96. The standard InChI is InChI=1S/C16H25N3O3S.ClH/c1-3-10-16(2,17)15(20)19-13-6-8-14(9-7-13)23(21,22)18-11-12-4-5-12;/h6-9,12,18H,3-5,10-11,17H2,1-2H3,(H,19,20);1H. The van der Waals surface area contributed by atoms with Crippen molar-refractivity contribution in [3.05, 3.63) is 24.3 Å². The molecule has 0 aliphatic heterocycles. The molecule has 0 spiro atoms. The van der Waals surface area contributed by atoms with E-state index in [-0.39, 0.29) is 23.2 Å². The number of hydrogen-bond donors (Lipinski definition) is 3. The Labute approximate surface area is 150 Å². The Hall–Kier alpha value is -1.15. The Morgan fingerprint density at radius 1 is 1.29 bits per heavy atom. The number of halogens is 1. The van der Waals surface area contributed by atoms with Crippen LogP contribution in [0.5, 0.6) is 0 Å². The molecule has 1 atom stereocenters. The van der Waals surface area contributed by atoms with Crippen LogP contribution in [0.1, 0.15) is 39.5 Å². The van der Waals surface area contributed by atoms with E-state index in [9.17, 15) is 13.2 Å². The van der Waals surface area contributed by atoms with E-state index in [1.165, 1.54) is 12.1 Å². The van der Waals surface area contributed by atoms with Gasteiger partial charge in [-0.25, -0.2) is 13.1 Å². The lowest BCUT2D eigenvalue weighted by Gasteiger charge is -2.22. The van der Waals surface area contributed by atoms with Gasteiger partial charge in [-0.2, -0.15) is 0 Å². The summed E-state index contributed by atoms with van der Waals surface area (Å²) < 4.78 is 26.9. The van der Waals surface area contributed by atoms with Crippen molar-refractivity contribution in [3.63, 3.8) is 0 Å². The molecule has 8 heteroatoms. The number of sulfonamides is 1. The molecule has 136 valence electrons. The Kier molecular flexibility index (Phi) is 7.22. The number of rotatable bonds is 8.